The zero-order valence-corrected chi connectivity index (χ0v) is 10.0. The molecule has 0 aliphatic heterocycles. The fourth-order valence-corrected chi connectivity index (χ4v) is 0.974. The molecule has 0 spiro atoms. The van der Waals surface area contributed by atoms with Crippen molar-refractivity contribution in [2.45, 2.75) is 6.18 Å². The molecule has 0 saturated carbocycles. The summed E-state index contributed by atoms with van der Waals surface area (Å²) in [4.78, 5) is 1.95. The molecule has 4 nitrogen and oxygen atoms in total. The Morgan fingerprint density at radius 2 is 2.00 bits per heavy atom. The molecule has 0 radical (unpaired) electrons. The molecule has 0 aromatic carbocycles. The van der Waals surface area contributed by atoms with Gasteiger partial charge in [-0.25, -0.2) is 0 Å². The largest absolute Gasteiger partial charge is 0.405 e. The summed E-state index contributed by atoms with van der Waals surface area (Å²) in [7, 11) is 3.81. The highest BCUT2D eigenvalue weighted by atomic mass is 19.4. The van der Waals surface area contributed by atoms with Crippen molar-refractivity contribution >= 4 is 0 Å². The van der Waals surface area contributed by atoms with E-state index in [-0.39, 0.29) is 0 Å². The van der Waals surface area contributed by atoms with Crippen molar-refractivity contribution in [3.8, 4) is 6.07 Å². The summed E-state index contributed by atoms with van der Waals surface area (Å²) in [5, 5.41) is 10.9. The number of rotatable bonds is 8. The topological polar surface area (TPSA) is 48.3 Å². The third-order valence-electron chi connectivity index (χ3n) is 2.01. The lowest BCUT2D eigenvalue weighted by Gasteiger charge is -2.14. The summed E-state index contributed by atoms with van der Waals surface area (Å²) < 4.78 is 41.6. The molecule has 17 heavy (non-hydrogen) atoms. The van der Waals surface area contributed by atoms with E-state index in [0.717, 1.165) is 6.54 Å². The van der Waals surface area contributed by atoms with Gasteiger partial charge in [-0.05, 0) is 14.1 Å². The van der Waals surface area contributed by atoms with Crippen LogP contribution in [0.15, 0.2) is 0 Å². The molecule has 7 heteroatoms. The van der Waals surface area contributed by atoms with Crippen molar-refractivity contribution in [3.63, 3.8) is 0 Å². The molecule has 0 aliphatic rings. The van der Waals surface area contributed by atoms with Gasteiger partial charge in [-0.2, -0.15) is 18.4 Å². The molecule has 0 aromatic rings. The highest BCUT2D eigenvalue weighted by molar-refractivity contribution is 4.89. The second-order valence-electron chi connectivity index (χ2n) is 3.84. The molecule has 0 rings (SSSR count). The molecule has 0 heterocycles. The van der Waals surface area contributed by atoms with Crippen LogP contribution < -0.4 is 5.32 Å². The number of ether oxygens (including phenoxy) is 1. The Hall–Kier alpha value is -0.840. The number of hydrogen-bond donors (Lipinski definition) is 1. The second-order valence-corrected chi connectivity index (χ2v) is 3.84. The first-order chi connectivity index (χ1) is 7.88. The van der Waals surface area contributed by atoms with E-state index in [1.165, 1.54) is 6.07 Å². The lowest BCUT2D eigenvalue weighted by atomic mass is 10.1. The van der Waals surface area contributed by atoms with Crippen LogP contribution in [0.25, 0.3) is 0 Å². The van der Waals surface area contributed by atoms with Crippen molar-refractivity contribution in [3.05, 3.63) is 0 Å². The molecule has 0 amide bonds. The van der Waals surface area contributed by atoms with Crippen LogP contribution in [0.3, 0.4) is 0 Å². The zero-order chi connectivity index (χ0) is 13.3. The van der Waals surface area contributed by atoms with Crippen LogP contribution in [0.5, 0.6) is 0 Å². The number of hydrogen-bond acceptors (Lipinski definition) is 4. The average molecular weight is 253 g/mol. The molecule has 0 bridgehead atoms. The van der Waals surface area contributed by atoms with Crippen molar-refractivity contribution in [2.24, 2.45) is 5.92 Å². The van der Waals surface area contributed by atoms with Crippen LogP contribution in [0, 0.1) is 17.2 Å². The SMILES string of the molecule is CN(C)CCOCCNCC(C#N)C(F)(F)F. The first-order valence-corrected chi connectivity index (χ1v) is 5.27. The number of alkyl halides is 3. The van der Waals surface area contributed by atoms with Crippen LogP contribution >= 0.6 is 0 Å². The number of nitrogens with zero attached hydrogens (tertiary/aromatic N) is 2. The Morgan fingerprint density at radius 1 is 1.35 bits per heavy atom. The van der Waals surface area contributed by atoms with E-state index in [1.54, 1.807) is 0 Å². The standard InChI is InChI=1S/C10H18F3N3O/c1-16(2)4-6-17-5-3-15-8-9(7-14)10(11,12)13/h9,15H,3-6,8H2,1-2H3. The third-order valence-corrected chi connectivity index (χ3v) is 2.01. The summed E-state index contributed by atoms with van der Waals surface area (Å²) in [6.45, 7) is 1.56. The Bertz CT molecular complexity index is 238. The number of halogens is 3. The molecule has 0 saturated heterocycles. The fourth-order valence-electron chi connectivity index (χ4n) is 0.974. The minimum absolute atomic E-state index is 0.307. The highest BCUT2D eigenvalue weighted by Crippen LogP contribution is 2.24. The maximum absolute atomic E-state index is 12.1. The van der Waals surface area contributed by atoms with E-state index in [4.69, 9.17) is 10.00 Å². The zero-order valence-electron chi connectivity index (χ0n) is 10.0. The Morgan fingerprint density at radius 3 is 2.47 bits per heavy atom. The van der Waals surface area contributed by atoms with E-state index in [1.807, 2.05) is 19.0 Å². The van der Waals surface area contributed by atoms with Gasteiger partial charge in [0.05, 0.1) is 19.3 Å². The van der Waals surface area contributed by atoms with Gasteiger partial charge in [-0.1, -0.05) is 0 Å². The van der Waals surface area contributed by atoms with Crippen molar-refractivity contribution in [2.75, 3.05) is 46.9 Å². The van der Waals surface area contributed by atoms with Gasteiger partial charge < -0.3 is 15.0 Å². The predicted molar refractivity (Wildman–Crippen MR) is 57.4 cm³/mol. The van der Waals surface area contributed by atoms with Crippen molar-refractivity contribution in [1.82, 2.24) is 10.2 Å². The van der Waals surface area contributed by atoms with E-state index < -0.39 is 18.6 Å². The normalized spacial score (nSPS) is 13.7. The second kappa shape index (κ2) is 8.28. The summed E-state index contributed by atoms with van der Waals surface area (Å²) in [5.74, 6) is -1.95. The van der Waals surface area contributed by atoms with Gasteiger partial charge in [-0.3, -0.25) is 0 Å². The lowest BCUT2D eigenvalue weighted by molar-refractivity contribution is -0.157. The molecule has 0 fully saturated rings. The third kappa shape index (κ3) is 8.92. The van der Waals surface area contributed by atoms with Crippen LogP contribution in [0.4, 0.5) is 13.2 Å². The summed E-state index contributed by atoms with van der Waals surface area (Å²) in [6.07, 6.45) is -4.46. The van der Waals surface area contributed by atoms with Crippen molar-refractivity contribution in [1.29, 1.82) is 5.26 Å². The highest BCUT2D eigenvalue weighted by Gasteiger charge is 2.39. The number of likely N-dealkylation sites (N-methyl/N-ethyl adjacent to an activating group) is 1. The van der Waals surface area contributed by atoms with E-state index in [9.17, 15) is 13.2 Å². The molecule has 100 valence electrons. The smallest absolute Gasteiger partial charge is 0.379 e. The first kappa shape index (κ1) is 16.2. The van der Waals surface area contributed by atoms with Crippen LogP contribution in [-0.2, 0) is 4.74 Å². The fraction of sp³-hybridized carbons (Fsp3) is 0.900. The molecular formula is C10H18F3N3O. The number of nitrogens with one attached hydrogen (secondary N) is 1. The first-order valence-electron chi connectivity index (χ1n) is 5.27. The van der Waals surface area contributed by atoms with E-state index in [0.29, 0.717) is 19.8 Å². The maximum atomic E-state index is 12.1. The summed E-state index contributed by atoms with van der Waals surface area (Å²) >= 11 is 0. The molecule has 0 aliphatic carbocycles. The number of nitriles is 1. The maximum Gasteiger partial charge on any atom is 0.405 e. The van der Waals surface area contributed by atoms with Gasteiger partial charge in [0, 0.05) is 19.6 Å². The van der Waals surface area contributed by atoms with E-state index >= 15 is 0 Å². The average Bonchev–Trinajstić information content (AvgIpc) is 2.19. The van der Waals surface area contributed by atoms with Gasteiger partial charge in [-0.15, -0.1) is 0 Å². The Labute approximate surface area is 99.3 Å². The summed E-state index contributed by atoms with van der Waals surface area (Å²) in [5.41, 5.74) is 0. The van der Waals surface area contributed by atoms with E-state index in [2.05, 4.69) is 5.32 Å². The molecule has 1 atom stereocenters. The van der Waals surface area contributed by atoms with Crippen molar-refractivity contribution < 1.29 is 17.9 Å². The molecule has 0 aromatic heterocycles. The predicted octanol–water partition coefficient (Wildman–Crippen LogP) is 0.856. The monoisotopic (exact) mass is 253 g/mol. The molecular weight excluding hydrogens is 235 g/mol. The molecule has 1 unspecified atom stereocenters. The van der Waals surface area contributed by atoms with Crippen LogP contribution in [0.1, 0.15) is 0 Å². The van der Waals surface area contributed by atoms with Crippen LogP contribution in [0.2, 0.25) is 0 Å². The summed E-state index contributed by atoms with van der Waals surface area (Å²) in [6, 6.07) is 1.22. The minimum Gasteiger partial charge on any atom is -0.379 e. The van der Waals surface area contributed by atoms with Gasteiger partial charge in [0.15, 0.2) is 5.92 Å². The Kier molecular flexibility index (Phi) is 7.87. The lowest BCUT2D eigenvalue weighted by Crippen LogP contribution is -2.34. The molecule has 1 N–H and O–H groups in total. The van der Waals surface area contributed by atoms with Gasteiger partial charge in [0.25, 0.3) is 0 Å². The quantitative estimate of drug-likeness (QED) is 0.652. The van der Waals surface area contributed by atoms with Crippen LogP contribution in [-0.4, -0.2) is 58.0 Å². The van der Waals surface area contributed by atoms with Gasteiger partial charge in [0.1, 0.15) is 0 Å². The minimum atomic E-state index is -4.46. The van der Waals surface area contributed by atoms with Gasteiger partial charge >= 0.3 is 6.18 Å². The van der Waals surface area contributed by atoms with Gasteiger partial charge in [0.2, 0.25) is 0 Å². The Balaban J connectivity index is 3.48.